The monoisotopic (exact) mass is 671 g/mol. The number of aliphatic hydroxyl groups is 1. The van der Waals surface area contributed by atoms with Crippen LogP contribution in [0.5, 0.6) is 0 Å². The van der Waals surface area contributed by atoms with Crippen LogP contribution in [0.3, 0.4) is 0 Å². The number of nitrogens with two attached hydrogens (primary N) is 1. The number of rotatable bonds is 16. The summed E-state index contributed by atoms with van der Waals surface area (Å²) in [7, 11) is 0. The summed E-state index contributed by atoms with van der Waals surface area (Å²) in [5.74, 6) is -3.00. The lowest BCUT2D eigenvalue weighted by Gasteiger charge is -2.31. The lowest BCUT2D eigenvalue weighted by Crippen LogP contribution is -2.58. The third-order valence-corrected chi connectivity index (χ3v) is 7.08. The molecule has 0 unspecified atom stereocenters. The molecule has 12 nitrogen and oxygen atoms in total. The van der Waals surface area contributed by atoms with Crippen LogP contribution < -0.4 is 21.7 Å². The van der Waals surface area contributed by atoms with Crippen molar-refractivity contribution in [3.05, 3.63) is 114 Å². The Hall–Kier alpha value is -5.49. The molecule has 0 saturated carbocycles. The van der Waals surface area contributed by atoms with Crippen molar-refractivity contribution in [1.29, 1.82) is 0 Å². The maximum absolute atomic E-state index is 13.9. The summed E-state index contributed by atoms with van der Waals surface area (Å²) in [5, 5.41) is 19.3. The molecule has 12 heteroatoms. The molecule has 3 aromatic rings. The number of amides is 5. The highest BCUT2D eigenvalue weighted by Crippen LogP contribution is 2.12. The van der Waals surface area contributed by atoms with Crippen LogP contribution in [0.2, 0.25) is 0 Å². The second kappa shape index (κ2) is 18.7. The van der Waals surface area contributed by atoms with E-state index in [-0.39, 0.29) is 26.1 Å². The number of primary amides is 1. The van der Waals surface area contributed by atoms with E-state index in [9.17, 15) is 29.1 Å². The summed E-state index contributed by atoms with van der Waals surface area (Å²) in [5.41, 5.74) is 7.08. The number of hydrogen-bond donors (Lipinski definition) is 5. The fraction of sp³-hybridized carbons (Fsp3) is 0.324. The molecule has 0 heterocycles. The molecule has 0 aliphatic heterocycles. The van der Waals surface area contributed by atoms with Crippen LogP contribution in [0.4, 0.5) is 4.79 Å². The van der Waals surface area contributed by atoms with Crippen molar-refractivity contribution in [3.63, 3.8) is 0 Å². The van der Waals surface area contributed by atoms with Crippen molar-refractivity contribution >= 4 is 35.8 Å². The topological polar surface area (TPSA) is 180 Å². The third-order valence-electron chi connectivity index (χ3n) is 7.08. The van der Waals surface area contributed by atoms with Crippen molar-refractivity contribution in [1.82, 2.24) is 20.9 Å². The fourth-order valence-corrected chi connectivity index (χ4v) is 4.81. The SMILES string of the molecule is CC(C)(C)NC(=O)CN(C/C=C/c1ccccc1)C(=O)[C@@H](O)[C@H](Cc1ccccc1)NC(=O)[C@H](CC(N)=O)NC(=O)OCc1ccccc1. The number of nitrogens with zero attached hydrogens (tertiary/aromatic N) is 1. The summed E-state index contributed by atoms with van der Waals surface area (Å²) in [6, 6.07) is 24.4. The van der Waals surface area contributed by atoms with E-state index in [4.69, 9.17) is 10.5 Å². The van der Waals surface area contributed by atoms with Gasteiger partial charge in [-0.3, -0.25) is 19.2 Å². The number of nitrogens with one attached hydrogen (secondary N) is 3. The van der Waals surface area contributed by atoms with Crippen LogP contribution in [0.1, 0.15) is 43.9 Å². The quantitative estimate of drug-likeness (QED) is 0.155. The van der Waals surface area contributed by atoms with Gasteiger partial charge in [0.2, 0.25) is 17.7 Å². The minimum Gasteiger partial charge on any atom is -0.445 e. The normalized spacial score (nSPS) is 13.1. The summed E-state index contributed by atoms with van der Waals surface area (Å²) in [6.45, 7) is 4.95. The Kier molecular flexibility index (Phi) is 14.5. The number of carbonyl (C=O) groups is 5. The Bertz CT molecular complexity index is 1560. The van der Waals surface area contributed by atoms with E-state index in [1.54, 1.807) is 87.5 Å². The molecule has 0 spiro atoms. The lowest BCUT2D eigenvalue weighted by molar-refractivity contribution is -0.145. The van der Waals surface area contributed by atoms with Crippen LogP contribution in [-0.2, 0) is 36.9 Å². The van der Waals surface area contributed by atoms with Gasteiger partial charge in [-0.2, -0.15) is 0 Å². The van der Waals surface area contributed by atoms with Crippen molar-refractivity contribution < 1.29 is 33.8 Å². The van der Waals surface area contributed by atoms with Gasteiger partial charge in [-0.15, -0.1) is 0 Å². The van der Waals surface area contributed by atoms with E-state index in [0.717, 1.165) is 5.56 Å². The van der Waals surface area contributed by atoms with Gasteiger partial charge in [0.05, 0.1) is 19.0 Å². The van der Waals surface area contributed by atoms with Gasteiger partial charge >= 0.3 is 6.09 Å². The zero-order chi connectivity index (χ0) is 35.8. The molecular weight excluding hydrogens is 626 g/mol. The van der Waals surface area contributed by atoms with E-state index in [1.165, 1.54) is 4.90 Å². The largest absolute Gasteiger partial charge is 0.445 e. The lowest BCUT2D eigenvalue weighted by atomic mass is 9.99. The van der Waals surface area contributed by atoms with E-state index < -0.39 is 59.9 Å². The van der Waals surface area contributed by atoms with Gasteiger partial charge in [-0.25, -0.2) is 4.79 Å². The smallest absolute Gasteiger partial charge is 0.408 e. The summed E-state index contributed by atoms with van der Waals surface area (Å²) >= 11 is 0. The summed E-state index contributed by atoms with van der Waals surface area (Å²) < 4.78 is 5.21. The van der Waals surface area contributed by atoms with E-state index in [0.29, 0.717) is 11.1 Å². The molecule has 0 saturated heterocycles. The van der Waals surface area contributed by atoms with Gasteiger partial charge in [0.1, 0.15) is 12.6 Å². The predicted octanol–water partition coefficient (Wildman–Crippen LogP) is 2.70. The second-order valence-corrected chi connectivity index (χ2v) is 12.5. The molecule has 3 rings (SSSR count). The first-order chi connectivity index (χ1) is 23.3. The predicted molar refractivity (Wildman–Crippen MR) is 185 cm³/mol. The molecule has 0 fully saturated rings. The van der Waals surface area contributed by atoms with Gasteiger partial charge in [-0.1, -0.05) is 103 Å². The number of aliphatic hydroxyl groups excluding tert-OH is 1. The minimum atomic E-state index is -1.82. The Labute approximate surface area is 286 Å². The molecule has 6 N–H and O–H groups in total. The van der Waals surface area contributed by atoms with Crippen molar-refractivity contribution in [2.24, 2.45) is 5.73 Å². The number of hydrogen-bond acceptors (Lipinski definition) is 7. The van der Waals surface area contributed by atoms with E-state index in [2.05, 4.69) is 16.0 Å². The molecule has 0 bridgehead atoms. The van der Waals surface area contributed by atoms with Crippen molar-refractivity contribution in [2.45, 2.75) is 63.9 Å². The Balaban J connectivity index is 1.83. The highest BCUT2D eigenvalue weighted by atomic mass is 16.5. The molecule has 49 heavy (non-hydrogen) atoms. The molecule has 5 amide bonds. The average molecular weight is 672 g/mol. The number of benzene rings is 3. The Morgan fingerprint density at radius 1 is 0.857 bits per heavy atom. The summed E-state index contributed by atoms with van der Waals surface area (Å²) in [6.07, 6.45) is 0.122. The van der Waals surface area contributed by atoms with Gasteiger partial charge in [-0.05, 0) is 43.9 Å². The van der Waals surface area contributed by atoms with Crippen molar-refractivity contribution in [2.75, 3.05) is 13.1 Å². The summed E-state index contributed by atoms with van der Waals surface area (Å²) in [4.78, 5) is 66.1. The maximum atomic E-state index is 13.9. The van der Waals surface area contributed by atoms with Crippen LogP contribution in [-0.4, -0.2) is 76.5 Å². The standard InChI is InChI=1S/C37H45N5O7/c1-37(2,3)41-32(44)24-42(21-13-20-26-14-7-4-8-15-26)35(47)33(45)29(22-27-16-9-5-10-17-27)39-34(46)30(23-31(38)43)40-36(48)49-25-28-18-11-6-12-19-28/h4-20,29-30,33,45H,21-25H2,1-3H3,(H2,38,43)(H,39,46)(H,40,48)(H,41,44)/b20-13+/t29-,30-,33-/m0/s1. The van der Waals surface area contributed by atoms with Gasteiger partial charge in [0, 0.05) is 12.1 Å². The zero-order valence-electron chi connectivity index (χ0n) is 28.0. The van der Waals surface area contributed by atoms with Gasteiger partial charge in [0.25, 0.3) is 5.91 Å². The number of alkyl carbamates (subject to hydrolysis) is 1. The van der Waals surface area contributed by atoms with Crippen LogP contribution in [0.15, 0.2) is 97.1 Å². The first kappa shape index (κ1) is 38.0. The minimum absolute atomic E-state index is 0.00309. The first-order valence-corrected chi connectivity index (χ1v) is 15.9. The fourth-order valence-electron chi connectivity index (χ4n) is 4.81. The Morgan fingerprint density at radius 3 is 2.00 bits per heavy atom. The van der Waals surface area contributed by atoms with Gasteiger partial charge < -0.3 is 36.4 Å². The van der Waals surface area contributed by atoms with Crippen LogP contribution in [0, 0.1) is 0 Å². The molecule has 3 aromatic carbocycles. The van der Waals surface area contributed by atoms with Gasteiger partial charge in [0.15, 0.2) is 6.10 Å². The third kappa shape index (κ3) is 14.0. The van der Waals surface area contributed by atoms with Crippen LogP contribution >= 0.6 is 0 Å². The molecule has 3 atom stereocenters. The first-order valence-electron chi connectivity index (χ1n) is 15.9. The zero-order valence-corrected chi connectivity index (χ0v) is 28.0. The molecule has 0 aliphatic carbocycles. The van der Waals surface area contributed by atoms with E-state index in [1.807, 2.05) is 36.4 Å². The number of ether oxygens (including phenoxy) is 1. The van der Waals surface area contributed by atoms with E-state index >= 15 is 0 Å². The highest BCUT2D eigenvalue weighted by molar-refractivity contribution is 5.92. The van der Waals surface area contributed by atoms with Crippen LogP contribution in [0.25, 0.3) is 6.08 Å². The number of carbonyl (C=O) groups excluding carboxylic acids is 5. The molecule has 0 radical (unpaired) electrons. The second-order valence-electron chi connectivity index (χ2n) is 12.5. The molecular formula is C37H45N5O7. The maximum Gasteiger partial charge on any atom is 0.408 e. The van der Waals surface area contributed by atoms with Crippen molar-refractivity contribution in [3.8, 4) is 0 Å². The molecule has 0 aliphatic rings. The Morgan fingerprint density at radius 2 is 1.43 bits per heavy atom. The highest BCUT2D eigenvalue weighted by Gasteiger charge is 2.34. The molecule has 260 valence electrons. The molecule has 0 aromatic heterocycles. The average Bonchev–Trinajstić information content (AvgIpc) is 3.06.